The van der Waals surface area contributed by atoms with E-state index in [2.05, 4.69) is 18.0 Å². The molecule has 0 fully saturated rings. The SMILES string of the molecule is CN1CCC(N)c2cccc(Cl)c21. The Hall–Kier alpha value is -0.730. The topological polar surface area (TPSA) is 29.3 Å². The van der Waals surface area contributed by atoms with Crippen molar-refractivity contribution in [2.24, 2.45) is 5.73 Å². The zero-order valence-electron chi connectivity index (χ0n) is 7.63. The van der Waals surface area contributed by atoms with Gasteiger partial charge in [-0.05, 0) is 18.1 Å². The lowest BCUT2D eigenvalue weighted by Crippen LogP contribution is -2.30. The number of halogens is 1. The van der Waals surface area contributed by atoms with Crippen molar-refractivity contribution >= 4 is 17.3 Å². The second-order valence-electron chi connectivity index (χ2n) is 3.49. The molecule has 0 bridgehead atoms. The zero-order chi connectivity index (χ0) is 9.42. The van der Waals surface area contributed by atoms with Crippen LogP contribution in [0.25, 0.3) is 0 Å². The fraction of sp³-hybridized carbons (Fsp3) is 0.400. The van der Waals surface area contributed by atoms with E-state index in [0.29, 0.717) is 0 Å². The van der Waals surface area contributed by atoms with Gasteiger partial charge in [-0.2, -0.15) is 0 Å². The molecule has 13 heavy (non-hydrogen) atoms. The number of nitrogens with zero attached hydrogens (tertiary/aromatic N) is 1. The van der Waals surface area contributed by atoms with Gasteiger partial charge in [-0.25, -0.2) is 0 Å². The average Bonchev–Trinajstić information content (AvgIpc) is 2.12. The number of para-hydroxylation sites is 1. The van der Waals surface area contributed by atoms with E-state index in [1.807, 2.05) is 12.1 Å². The molecule has 0 aromatic heterocycles. The van der Waals surface area contributed by atoms with Gasteiger partial charge in [0.25, 0.3) is 0 Å². The minimum Gasteiger partial charge on any atom is -0.373 e. The van der Waals surface area contributed by atoms with Crippen molar-refractivity contribution in [3.63, 3.8) is 0 Å². The van der Waals surface area contributed by atoms with E-state index in [1.165, 1.54) is 5.56 Å². The lowest BCUT2D eigenvalue weighted by atomic mass is 9.98. The third kappa shape index (κ3) is 1.40. The van der Waals surface area contributed by atoms with Gasteiger partial charge in [-0.15, -0.1) is 0 Å². The molecule has 1 unspecified atom stereocenters. The Bertz CT molecular complexity index is 325. The van der Waals surface area contributed by atoms with Crippen molar-refractivity contribution in [1.82, 2.24) is 0 Å². The molecule has 1 aromatic carbocycles. The molecule has 2 rings (SSSR count). The van der Waals surface area contributed by atoms with E-state index < -0.39 is 0 Å². The molecule has 0 aliphatic carbocycles. The van der Waals surface area contributed by atoms with Crippen molar-refractivity contribution < 1.29 is 0 Å². The molecular formula is C10H13ClN2. The first-order valence-electron chi connectivity index (χ1n) is 4.45. The highest BCUT2D eigenvalue weighted by Gasteiger charge is 2.21. The molecular weight excluding hydrogens is 184 g/mol. The van der Waals surface area contributed by atoms with Gasteiger partial charge >= 0.3 is 0 Å². The Morgan fingerprint density at radius 1 is 1.54 bits per heavy atom. The first-order valence-corrected chi connectivity index (χ1v) is 4.83. The fourth-order valence-electron chi connectivity index (χ4n) is 1.83. The maximum atomic E-state index is 6.11. The predicted molar refractivity (Wildman–Crippen MR) is 56.3 cm³/mol. The Balaban J connectivity index is 2.56. The van der Waals surface area contributed by atoms with E-state index >= 15 is 0 Å². The van der Waals surface area contributed by atoms with Gasteiger partial charge in [0.15, 0.2) is 0 Å². The third-order valence-electron chi connectivity index (χ3n) is 2.57. The largest absolute Gasteiger partial charge is 0.373 e. The summed E-state index contributed by atoms with van der Waals surface area (Å²) in [5.74, 6) is 0. The second kappa shape index (κ2) is 3.20. The van der Waals surface area contributed by atoms with E-state index in [-0.39, 0.29) is 6.04 Å². The number of anilines is 1. The average molecular weight is 197 g/mol. The number of hydrogen-bond donors (Lipinski definition) is 1. The van der Waals surface area contributed by atoms with Crippen molar-refractivity contribution in [2.45, 2.75) is 12.5 Å². The lowest BCUT2D eigenvalue weighted by molar-refractivity contribution is 0.614. The summed E-state index contributed by atoms with van der Waals surface area (Å²) in [4.78, 5) is 2.17. The third-order valence-corrected chi connectivity index (χ3v) is 2.88. The van der Waals surface area contributed by atoms with Crippen LogP contribution in [0, 0.1) is 0 Å². The molecule has 0 saturated heterocycles. The molecule has 1 atom stereocenters. The first kappa shape index (κ1) is 8.85. The molecule has 0 saturated carbocycles. The second-order valence-corrected chi connectivity index (χ2v) is 3.90. The van der Waals surface area contributed by atoms with E-state index in [0.717, 1.165) is 23.7 Å². The molecule has 1 aromatic rings. The summed E-state index contributed by atoms with van der Waals surface area (Å²) >= 11 is 6.11. The number of rotatable bonds is 0. The van der Waals surface area contributed by atoms with Crippen molar-refractivity contribution in [3.05, 3.63) is 28.8 Å². The van der Waals surface area contributed by atoms with Crippen LogP contribution in [0.3, 0.4) is 0 Å². The van der Waals surface area contributed by atoms with Gasteiger partial charge in [-0.3, -0.25) is 0 Å². The van der Waals surface area contributed by atoms with Crippen LogP contribution in [0.4, 0.5) is 5.69 Å². The fourth-order valence-corrected chi connectivity index (χ4v) is 2.16. The number of fused-ring (bicyclic) bond motifs is 1. The minimum atomic E-state index is 0.143. The summed E-state index contributed by atoms with van der Waals surface area (Å²) in [5.41, 5.74) is 8.26. The van der Waals surface area contributed by atoms with Gasteiger partial charge in [0.2, 0.25) is 0 Å². The lowest BCUT2D eigenvalue weighted by Gasteiger charge is -2.32. The van der Waals surface area contributed by atoms with Gasteiger partial charge in [-0.1, -0.05) is 23.7 Å². The first-order chi connectivity index (χ1) is 6.20. The summed E-state index contributed by atoms with van der Waals surface area (Å²) in [6, 6.07) is 6.07. The van der Waals surface area contributed by atoms with Crippen LogP contribution in [-0.2, 0) is 0 Å². The summed E-state index contributed by atoms with van der Waals surface area (Å²) in [6.07, 6.45) is 1.00. The molecule has 1 aliphatic heterocycles. The monoisotopic (exact) mass is 196 g/mol. The molecule has 0 radical (unpaired) electrons. The van der Waals surface area contributed by atoms with Crippen LogP contribution in [0.5, 0.6) is 0 Å². The van der Waals surface area contributed by atoms with Crippen LogP contribution in [0.15, 0.2) is 18.2 Å². The van der Waals surface area contributed by atoms with Gasteiger partial charge in [0, 0.05) is 19.6 Å². The molecule has 70 valence electrons. The molecule has 1 heterocycles. The summed E-state index contributed by atoms with van der Waals surface area (Å²) in [7, 11) is 2.05. The number of benzene rings is 1. The standard InChI is InChI=1S/C10H13ClN2/c1-13-6-5-9(12)7-3-2-4-8(11)10(7)13/h2-4,9H,5-6,12H2,1H3. The summed E-state index contributed by atoms with van der Waals surface area (Å²) in [5, 5.41) is 0.801. The Morgan fingerprint density at radius 3 is 3.00 bits per heavy atom. The van der Waals surface area contributed by atoms with E-state index in [9.17, 15) is 0 Å². The van der Waals surface area contributed by atoms with Crippen molar-refractivity contribution in [1.29, 1.82) is 0 Å². The number of nitrogens with two attached hydrogens (primary N) is 1. The van der Waals surface area contributed by atoms with Gasteiger partial charge in [0.05, 0.1) is 10.7 Å². The normalized spacial score (nSPS) is 21.5. The highest BCUT2D eigenvalue weighted by atomic mass is 35.5. The Labute approximate surface area is 83.3 Å². The maximum absolute atomic E-state index is 6.11. The molecule has 0 amide bonds. The van der Waals surface area contributed by atoms with Crippen LogP contribution >= 0.6 is 11.6 Å². The minimum absolute atomic E-state index is 0.143. The Kier molecular flexibility index (Phi) is 2.18. The summed E-state index contributed by atoms with van der Waals surface area (Å²) in [6.45, 7) is 0.984. The zero-order valence-corrected chi connectivity index (χ0v) is 8.38. The predicted octanol–water partition coefficient (Wildman–Crippen LogP) is 2.18. The van der Waals surface area contributed by atoms with Gasteiger partial charge < -0.3 is 10.6 Å². The molecule has 3 heteroatoms. The number of hydrogen-bond acceptors (Lipinski definition) is 2. The molecule has 0 spiro atoms. The molecule has 2 nitrogen and oxygen atoms in total. The van der Waals surface area contributed by atoms with E-state index in [4.69, 9.17) is 17.3 Å². The molecule has 2 N–H and O–H groups in total. The maximum Gasteiger partial charge on any atom is 0.0642 e. The van der Waals surface area contributed by atoms with E-state index in [1.54, 1.807) is 0 Å². The quantitative estimate of drug-likeness (QED) is 0.689. The molecule has 1 aliphatic rings. The van der Waals surface area contributed by atoms with Crippen molar-refractivity contribution in [2.75, 3.05) is 18.5 Å². The van der Waals surface area contributed by atoms with Crippen LogP contribution in [0.1, 0.15) is 18.0 Å². The van der Waals surface area contributed by atoms with Crippen molar-refractivity contribution in [3.8, 4) is 0 Å². The van der Waals surface area contributed by atoms with Gasteiger partial charge in [0.1, 0.15) is 0 Å². The van der Waals surface area contributed by atoms with Crippen LogP contribution < -0.4 is 10.6 Å². The van der Waals surface area contributed by atoms with Crippen LogP contribution in [-0.4, -0.2) is 13.6 Å². The van der Waals surface area contributed by atoms with Crippen LogP contribution in [0.2, 0.25) is 5.02 Å². The Morgan fingerprint density at radius 2 is 2.31 bits per heavy atom. The summed E-state index contributed by atoms with van der Waals surface area (Å²) < 4.78 is 0. The smallest absolute Gasteiger partial charge is 0.0642 e. The highest BCUT2D eigenvalue weighted by molar-refractivity contribution is 6.33. The highest BCUT2D eigenvalue weighted by Crippen LogP contribution is 2.36.